The molecule has 54 heavy (non-hydrogen) atoms. The quantitative estimate of drug-likeness (QED) is 0.179. The van der Waals surface area contributed by atoms with Crippen LogP contribution >= 0.6 is 0 Å². The lowest BCUT2D eigenvalue weighted by Gasteiger charge is -2.36. The Morgan fingerprint density at radius 1 is 0.926 bits per heavy atom. The summed E-state index contributed by atoms with van der Waals surface area (Å²) in [7, 11) is 2.12. The number of phenolic OH excluding ortho intramolecular Hbond substituents is 1. The van der Waals surface area contributed by atoms with Gasteiger partial charge >= 0.3 is 0 Å². The van der Waals surface area contributed by atoms with Crippen molar-refractivity contribution in [2.75, 3.05) is 44.7 Å². The maximum atomic E-state index is 13.0. The number of rotatable bonds is 7. The summed E-state index contributed by atoms with van der Waals surface area (Å²) in [5, 5.41) is 12.5. The van der Waals surface area contributed by atoms with Gasteiger partial charge in [-0.2, -0.15) is 0 Å². The highest BCUT2D eigenvalue weighted by molar-refractivity contribution is 6.05. The van der Waals surface area contributed by atoms with Gasteiger partial charge in [-0.25, -0.2) is 0 Å². The monoisotopic (exact) mass is 722 g/mol. The largest absolute Gasteiger partial charge is 0.508 e. The van der Waals surface area contributed by atoms with Crippen molar-refractivity contribution in [2.45, 2.75) is 57.0 Å². The molecule has 3 unspecified atom stereocenters. The molecule has 0 aromatic heterocycles. The van der Waals surface area contributed by atoms with Crippen LogP contribution in [0.5, 0.6) is 11.5 Å². The highest BCUT2D eigenvalue weighted by Gasteiger charge is 2.39. The standard InChI is InChI=1S/C45H46N4O5/c1-29-5-3-7-33(23-29)39-28-54-41-25-36(50)13-15-38(41)43(39)32-9-11-35(12-10-32)48-21-18-31(19-22-48)26-47(2)20-4-6-30-8-14-37-34(24-30)27-49(45(37)53)40-16-17-42(51)46-44(40)52/h3,5,7-15,23-25,31,39-40,43,50H,16-22,26-28H2,1-2H3,(H,46,51,52). The predicted molar refractivity (Wildman–Crippen MR) is 208 cm³/mol. The minimum Gasteiger partial charge on any atom is -0.508 e. The van der Waals surface area contributed by atoms with E-state index in [-0.39, 0.29) is 35.8 Å². The van der Waals surface area contributed by atoms with Crippen LogP contribution in [0, 0.1) is 24.7 Å². The number of nitrogens with zero attached hydrogens (tertiary/aromatic N) is 3. The lowest BCUT2D eigenvalue weighted by atomic mass is 9.75. The molecule has 4 aliphatic rings. The van der Waals surface area contributed by atoms with Crippen LogP contribution in [-0.4, -0.2) is 78.5 Å². The third-order valence-electron chi connectivity index (χ3n) is 11.5. The number of nitrogens with one attached hydrogen (secondary N) is 1. The van der Waals surface area contributed by atoms with Crippen LogP contribution in [0.2, 0.25) is 0 Å². The molecule has 3 amide bonds. The third-order valence-corrected chi connectivity index (χ3v) is 11.5. The molecule has 2 fully saturated rings. The number of aryl methyl sites for hydroxylation is 1. The number of imide groups is 1. The number of ether oxygens (including phenoxy) is 1. The predicted octanol–water partition coefficient (Wildman–Crippen LogP) is 5.97. The molecule has 0 radical (unpaired) electrons. The molecule has 0 spiro atoms. The smallest absolute Gasteiger partial charge is 0.255 e. The molecule has 2 N–H and O–H groups in total. The Hall–Kier alpha value is -5.59. The van der Waals surface area contributed by atoms with Crippen LogP contribution in [0.15, 0.2) is 84.9 Å². The van der Waals surface area contributed by atoms with Gasteiger partial charge in [-0.15, -0.1) is 0 Å². The lowest BCUT2D eigenvalue weighted by molar-refractivity contribution is -0.136. The fourth-order valence-electron chi connectivity index (χ4n) is 8.70. The molecule has 0 saturated carbocycles. The van der Waals surface area contributed by atoms with Crippen molar-refractivity contribution in [3.63, 3.8) is 0 Å². The summed E-state index contributed by atoms with van der Waals surface area (Å²) in [6, 6.07) is 28.3. The van der Waals surface area contributed by atoms with Gasteiger partial charge in [0.05, 0.1) is 13.2 Å². The topological polar surface area (TPSA) is 102 Å². The number of piperidine rings is 2. The van der Waals surface area contributed by atoms with Crippen molar-refractivity contribution in [1.82, 2.24) is 15.1 Å². The van der Waals surface area contributed by atoms with E-state index in [9.17, 15) is 19.5 Å². The number of hydrogen-bond donors (Lipinski definition) is 2. The molecule has 0 aliphatic carbocycles. The molecule has 4 heterocycles. The number of aromatic hydroxyl groups is 1. The summed E-state index contributed by atoms with van der Waals surface area (Å²) >= 11 is 0. The SMILES string of the molecule is Cc1cccc(C2COc3cc(O)ccc3C2c2ccc(N3CCC(CN(C)CC#Cc4ccc5c(c4)CN(C4CCC(=O)NC4=O)C5=O)CC3)cc2)c1. The van der Waals surface area contributed by atoms with E-state index in [0.717, 1.165) is 54.9 Å². The number of carbonyl (C=O) groups excluding carboxylic acids is 3. The normalized spacial score (nSPS) is 21.2. The van der Waals surface area contributed by atoms with Crippen LogP contribution in [-0.2, 0) is 16.1 Å². The van der Waals surface area contributed by atoms with Gasteiger partial charge in [0.1, 0.15) is 17.5 Å². The zero-order valence-corrected chi connectivity index (χ0v) is 30.9. The van der Waals surface area contributed by atoms with Gasteiger partial charge < -0.3 is 19.6 Å². The maximum Gasteiger partial charge on any atom is 0.255 e. The zero-order chi connectivity index (χ0) is 37.3. The second-order valence-corrected chi connectivity index (χ2v) is 15.3. The third kappa shape index (κ3) is 7.31. The van der Waals surface area contributed by atoms with E-state index in [4.69, 9.17) is 4.74 Å². The number of anilines is 1. The molecule has 3 atom stereocenters. The summed E-state index contributed by atoms with van der Waals surface area (Å²) in [5.74, 6) is 7.60. The van der Waals surface area contributed by atoms with E-state index in [1.165, 1.54) is 22.4 Å². The van der Waals surface area contributed by atoms with Gasteiger partial charge in [-0.3, -0.25) is 24.6 Å². The average molecular weight is 723 g/mol. The number of amides is 3. The molecule has 4 aliphatic heterocycles. The van der Waals surface area contributed by atoms with E-state index in [0.29, 0.717) is 37.6 Å². The molecular weight excluding hydrogens is 677 g/mol. The first-order valence-electron chi connectivity index (χ1n) is 19.0. The number of carbonyl (C=O) groups is 3. The van der Waals surface area contributed by atoms with Gasteiger partial charge in [-0.1, -0.05) is 59.9 Å². The van der Waals surface area contributed by atoms with E-state index in [1.54, 1.807) is 23.1 Å². The molecule has 0 bridgehead atoms. The minimum absolute atomic E-state index is 0.122. The molecule has 8 rings (SSSR count). The van der Waals surface area contributed by atoms with Crippen LogP contribution < -0.4 is 15.0 Å². The van der Waals surface area contributed by atoms with Crippen molar-refractivity contribution in [1.29, 1.82) is 0 Å². The van der Waals surface area contributed by atoms with Crippen molar-refractivity contribution in [2.24, 2.45) is 5.92 Å². The van der Waals surface area contributed by atoms with Crippen LogP contribution in [0.25, 0.3) is 0 Å². The Bertz CT molecular complexity index is 2150. The van der Waals surface area contributed by atoms with E-state index in [1.807, 2.05) is 18.2 Å². The van der Waals surface area contributed by atoms with Gasteiger partial charge in [-0.05, 0) is 92.2 Å². The zero-order valence-electron chi connectivity index (χ0n) is 30.9. The first-order valence-corrected chi connectivity index (χ1v) is 19.0. The van der Waals surface area contributed by atoms with Gasteiger partial charge in [0, 0.05) is 72.9 Å². The summed E-state index contributed by atoms with van der Waals surface area (Å²) in [5.41, 5.74) is 8.43. The van der Waals surface area contributed by atoms with Crippen LogP contribution in [0.1, 0.15) is 81.3 Å². The fraction of sp³-hybridized carbons (Fsp3) is 0.356. The molecule has 4 aromatic carbocycles. The molecule has 2 saturated heterocycles. The molecular formula is C45H46N4O5. The molecule has 4 aromatic rings. The number of phenols is 1. The van der Waals surface area contributed by atoms with Crippen LogP contribution in [0.4, 0.5) is 5.69 Å². The summed E-state index contributed by atoms with van der Waals surface area (Å²) in [6.07, 6.45) is 2.83. The summed E-state index contributed by atoms with van der Waals surface area (Å²) in [4.78, 5) is 43.3. The number of fused-ring (bicyclic) bond motifs is 2. The Kier molecular flexibility index (Phi) is 9.87. The fourth-order valence-corrected chi connectivity index (χ4v) is 8.70. The second kappa shape index (κ2) is 15.0. The highest BCUT2D eigenvalue weighted by atomic mass is 16.5. The van der Waals surface area contributed by atoms with E-state index in [2.05, 4.69) is 89.5 Å². The summed E-state index contributed by atoms with van der Waals surface area (Å²) < 4.78 is 6.20. The minimum atomic E-state index is -0.616. The molecule has 9 heteroatoms. The van der Waals surface area contributed by atoms with Gasteiger partial charge in [0.2, 0.25) is 11.8 Å². The van der Waals surface area contributed by atoms with E-state index >= 15 is 0 Å². The van der Waals surface area contributed by atoms with Crippen molar-refractivity contribution >= 4 is 23.4 Å². The van der Waals surface area contributed by atoms with Crippen LogP contribution in [0.3, 0.4) is 0 Å². The number of benzene rings is 4. The van der Waals surface area contributed by atoms with E-state index < -0.39 is 11.9 Å². The number of hydrogen-bond acceptors (Lipinski definition) is 7. The van der Waals surface area contributed by atoms with Gasteiger partial charge in [0.25, 0.3) is 5.91 Å². The Morgan fingerprint density at radius 3 is 2.52 bits per heavy atom. The summed E-state index contributed by atoms with van der Waals surface area (Å²) in [6.45, 7) is 6.70. The first kappa shape index (κ1) is 35.4. The Labute approximate surface area is 316 Å². The maximum absolute atomic E-state index is 13.0. The highest BCUT2D eigenvalue weighted by Crippen LogP contribution is 2.47. The molecule has 9 nitrogen and oxygen atoms in total. The Morgan fingerprint density at radius 2 is 1.74 bits per heavy atom. The second-order valence-electron chi connectivity index (χ2n) is 15.3. The van der Waals surface area contributed by atoms with Crippen molar-refractivity contribution in [3.8, 4) is 23.3 Å². The van der Waals surface area contributed by atoms with Crippen molar-refractivity contribution < 1.29 is 24.2 Å². The van der Waals surface area contributed by atoms with Gasteiger partial charge in [0.15, 0.2) is 0 Å². The Balaban J connectivity index is 0.852. The first-order chi connectivity index (χ1) is 26.2. The molecule has 276 valence electrons. The lowest BCUT2D eigenvalue weighted by Crippen LogP contribution is -2.52. The van der Waals surface area contributed by atoms with Crippen molar-refractivity contribution in [3.05, 3.63) is 124 Å². The average Bonchev–Trinajstić information content (AvgIpc) is 3.49.